The number of carbonyl (C=O) groups is 1. The molecule has 2 fully saturated rings. The molecule has 1 saturated heterocycles. The summed E-state index contributed by atoms with van der Waals surface area (Å²) in [6, 6.07) is 5.59. The lowest BCUT2D eigenvalue weighted by Gasteiger charge is -2.44. The molecule has 1 heterocycles. The van der Waals surface area contributed by atoms with Gasteiger partial charge in [-0.2, -0.15) is 0 Å². The summed E-state index contributed by atoms with van der Waals surface area (Å²) < 4.78 is 5.88. The number of ether oxygens (including phenoxy) is 1. The number of morpholine rings is 1. The molecular formula is C17H23NO3. The molecular weight excluding hydrogens is 266 g/mol. The normalized spacial score (nSPS) is 26.3. The number of Topliss-reactive ketones (excluding diaryl/α,β-unsaturated/α-hetero) is 1. The molecule has 2 unspecified atom stereocenters. The number of fused-ring (bicyclic) bond motifs is 1. The van der Waals surface area contributed by atoms with Crippen LogP contribution >= 0.6 is 0 Å². The molecule has 1 saturated carbocycles. The third-order valence-electron chi connectivity index (χ3n) is 4.71. The van der Waals surface area contributed by atoms with E-state index in [1.54, 1.807) is 19.1 Å². The van der Waals surface area contributed by atoms with E-state index in [9.17, 15) is 9.90 Å². The van der Waals surface area contributed by atoms with Crippen molar-refractivity contribution in [1.82, 2.24) is 4.90 Å². The molecule has 4 heteroatoms. The van der Waals surface area contributed by atoms with Gasteiger partial charge in [0, 0.05) is 30.3 Å². The second kappa shape index (κ2) is 6.16. The van der Waals surface area contributed by atoms with Crippen molar-refractivity contribution in [3.63, 3.8) is 0 Å². The number of rotatable bonds is 3. The number of carbonyl (C=O) groups excluding carboxylic acids is 1. The van der Waals surface area contributed by atoms with Crippen molar-refractivity contribution in [2.75, 3.05) is 13.2 Å². The molecule has 0 aromatic heterocycles. The second-order valence-electron chi connectivity index (χ2n) is 6.13. The van der Waals surface area contributed by atoms with Crippen LogP contribution in [0.4, 0.5) is 0 Å². The van der Waals surface area contributed by atoms with Gasteiger partial charge in [0.1, 0.15) is 5.75 Å². The zero-order valence-electron chi connectivity index (χ0n) is 12.5. The maximum Gasteiger partial charge on any atom is 0.159 e. The first kappa shape index (κ1) is 14.5. The first-order valence-electron chi connectivity index (χ1n) is 7.83. The van der Waals surface area contributed by atoms with Crippen molar-refractivity contribution in [1.29, 1.82) is 0 Å². The minimum atomic E-state index is 0.0359. The van der Waals surface area contributed by atoms with Gasteiger partial charge in [0.15, 0.2) is 5.78 Å². The quantitative estimate of drug-likeness (QED) is 0.869. The number of aromatic hydroxyl groups is 1. The van der Waals surface area contributed by atoms with Crippen LogP contribution in [0.3, 0.4) is 0 Å². The largest absolute Gasteiger partial charge is 0.508 e. The number of nitrogens with zero attached hydrogens (tertiary/aromatic N) is 1. The third kappa shape index (κ3) is 3.11. The van der Waals surface area contributed by atoms with E-state index in [0.717, 1.165) is 31.6 Å². The average molecular weight is 289 g/mol. The third-order valence-corrected chi connectivity index (χ3v) is 4.71. The molecule has 1 aromatic carbocycles. The van der Waals surface area contributed by atoms with Crippen LogP contribution in [-0.2, 0) is 11.3 Å². The lowest BCUT2D eigenvalue weighted by atomic mass is 9.89. The van der Waals surface area contributed by atoms with E-state index in [-0.39, 0.29) is 11.5 Å². The van der Waals surface area contributed by atoms with E-state index in [2.05, 4.69) is 4.90 Å². The number of hydrogen-bond donors (Lipinski definition) is 1. The zero-order chi connectivity index (χ0) is 14.8. The van der Waals surface area contributed by atoms with Crippen molar-refractivity contribution in [3.05, 3.63) is 29.3 Å². The van der Waals surface area contributed by atoms with Crippen LogP contribution in [0.2, 0.25) is 0 Å². The number of phenolic OH excluding ortho intramolecular Hbond substituents is 1. The smallest absolute Gasteiger partial charge is 0.159 e. The van der Waals surface area contributed by atoms with Crippen molar-refractivity contribution >= 4 is 5.78 Å². The molecule has 1 aliphatic carbocycles. The van der Waals surface area contributed by atoms with Crippen LogP contribution in [0.5, 0.6) is 5.75 Å². The Hall–Kier alpha value is -1.39. The van der Waals surface area contributed by atoms with Gasteiger partial charge < -0.3 is 9.84 Å². The molecule has 1 aromatic rings. The zero-order valence-corrected chi connectivity index (χ0v) is 12.5. The van der Waals surface area contributed by atoms with E-state index in [1.807, 2.05) is 6.07 Å². The first-order valence-corrected chi connectivity index (χ1v) is 7.83. The minimum Gasteiger partial charge on any atom is -0.508 e. The monoisotopic (exact) mass is 289 g/mol. The highest BCUT2D eigenvalue weighted by atomic mass is 16.5. The fourth-order valence-corrected chi connectivity index (χ4v) is 3.52. The highest BCUT2D eigenvalue weighted by Crippen LogP contribution is 2.31. The topological polar surface area (TPSA) is 49.8 Å². The summed E-state index contributed by atoms with van der Waals surface area (Å²) in [5.74, 6) is 0.313. The second-order valence-corrected chi connectivity index (χ2v) is 6.13. The highest BCUT2D eigenvalue weighted by Gasteiger charge is 2.34. The summed E-state index contributed by atoms with van der Waals surface area (Å²) in [5, 5.41) is 10.1. The summed E-state index contributed by atoms with van der Waals surface area (Å²) in [6.45, 7) is 3.90. The van der Waals surface area contributed by atoms with Crippen LogP contribution in [0.25, 0.3) is 0 Å². The SMILES string of the molecule is CC(=O)c1ccc(O)c(CN2CCOC3CCCCC32)c1. The van der Waals surface area contributed by atoms with Crippen molar-refractivity contribution < 1.29 is 14.6 Å². The summed E-state index contributed by atoms with van der Waals surface area (Å²) in [6.07, 6.45) is 5.14. The fourth-order valence-electron chi connectivity index (χ4n) is 3.52. The number of benzene rings is 1. The van der Waals surface area contributed by atoms with Crippen molar-refractivity contribution in [2.24, 2.45) is 0 Å². The summed E-state index contributed by atoms with van der Waals surface area (Å²) >= 11 is 0. The number of hydrogen-bond acceptors (Lipinski definition) is 4. The van der Waals surface area contributed by atoms with Crippen LogP contribution in [-0.4, -0.2) is 41.1 Å². The van der Waals surface area contributed by atoms with Gasteiger partial charge in [-0.25, -0.2) is 0 Å². The van der Waals surface area contributed by atoms with Gasteiger partial charge in [0.05, 0.1) is 12.7 Å². The molecule has 4 nitrogen and oxygen atoms in total. The molecule has 114 valence electrons. The average Bonchev–Trinajstić information content (AvgIpc) is 2.49. The predicted octanol–water partition coefficient (Wildman–Crippen LogP) is 2.74. The molecule has 21 heavy (non-hydrogen) atoms. The van der Waals surface area contributed by atoms with Crippen LogP contribution in [0.15, 0.2) is 18.2 Å². The van der Waals surface area contributed by atoms with Gasteiger partial charge in [0.2, 0.25) is 0 Å². The minimum absolute atomic E-state index is 0.0359. The van der Waals surface area contributed by atoms with Crippen molar-refractivity contribution in [2.45, 2.75) is 51.3 Å². The van der Waals surface area contributed by atoms with Gasteiger partial charge in [-0.3, -0.25) is 9.69 Å². The number of phenols is 1. The Morgan fingerprint density at radius 3 is 3.00 bits per heavy atom. The predicted molar refractivity (Wildman–Crippen MR) is 80.5 cm³/mol. The molecule has 2 aliphatic rings. The standard InChI is InChI=1S/C17H23NO3/c1-12(19)13-6-7-16(20)14(10-13)11-18-8-9-21-17-5-3-2-4-15(17)18/h6-7,10,15,17,20H,2-5,8-9,11H2,1H3. The Kier molecular flexibility index (Phi) is 4.27. The molecule has 1 N–H and O–H groups in total. The van der Waals surface area contributed by atoms with Gasteiger partial charge in [-0.15, -0.1) is 0 Å². The maximum absolute atomic E-state index is 11.5. The lowest BCUT2D eigenvalue weighted by Crippen LogP contribution is -2.52. The Labute approximate surface area is 125 Å². The Bertz CT molecular complexity index is 527. The molecule has 1 aliphatic heterocycles. The summed E-state index contributed by atoms with van der Waals surface area (Å²) in [5.41, 5.74) is 1.50. The molecule has 2 atom stereocenters. The van der Waals surface area contributed by atoms with E-state index >= 15 is 0 Å². The Morgan fingerprint density at radius 1 is 1.38 bits per heavy atom. The summed E-state index contributed by atoms with van der Waals surface area (Å²) in [4.78, 5) is 13.9. The van der Waals surface area contributed by atoms with Gasteiger partial charge in [-0.1, -0.05) is 12.8 Å². The molecule has 0 bridgehead atoms. The van der Waals surface area contributed by atoms with Crippen LogP contribution in [0.1, 0.15) is 48.5 Å². The maximum atomic E-state index is 11.5. The van der Waals surface area contributed by atoms with Gasteiger partial charge in [0.25, 0.3) is 0 Å². The van der Waals surface area contributed by atoms with E-state index in [0.29, 0.717) is 24.3 Å². The molecule has 0 radical (unpaired) electrons. The Morgan fingerprint density at radius 2 is 2.19 bits per heavy atom. The van der Waals surface area contributed by atoms with E-state index < -0.39 is 0 Å². The van der Waals surface area contributed by atoms with Gasteiger partial charge >= 0.3 is 0 Å². The van der Waals surface area contributed by atoms with Gasteiger partial charge in [-0.05, 0) is 38.0 Å². The first-order chi connectivity index (χ1) is 10.1. The van der Waals surface area contributed by atoms with Crippen molar-refractivity contribution in [3.8, 4) is 5.75 Å². The molecule has 0 spiro atoms. The van der Waals surface area contributed by atoms with E-state index in [4.69, 9.17) is 4.74 Å². The molecule has 0 amide bonds. The lowest BCUT2D eigenvalue weighted by molar-refractivity contribution is -0.0912. The van der Waals surface area contributed by atoms with Crippen LogP contribution < -0.4 is 0 Å². The highest BCUT2D eigenvalue weighted by molar-refractivity contribution is 5.94. The van der Waals surface area contributed by atoms with E-state index in [1.165, 1.54) is 12.8 Å². The summed E-state index contributed by atoms with van der Waals surface area (Å²) in [7, 11) is 0. The number of ketones is 1. The van der Waals surface area contributed by atoms with Crippen LogP contribution in [0, 0.1) is 0 Å². The Balaban J connectivity index is 1.78. The molecule has 3 rings (SSSR count). The fraction of sp³-hybridized carbons (Fsp3) is 0.588.